The van der Waals surface area contributed by atoms with E-state index in [-0.39, 0.29) is 18.4 Å². The Morgan fingerprint density at radius 1 is 1.06 bits per heavy atom. The van der Waals surface area contributed by atoms with Crippen LogP contribution in [0.15, 0.2) is 48.5 Å². The Balaban J connectivity index is 1.38. The molecule has 7 nitrogen and oxygen atoms in total. The van der Waals surface area contributed by atoms with E-state index in [4.69, 9.17) is 4.74 Å². The van der Waals surface area contributed by atoms with Crippen LogP contribution in [0.3, 0.4) is 0 Å². The molecule has 0 aromatic heterocycles. The molecule has 2 aliphatic rings. The van der Waals surface area contributed by atoms with Crippen molar-refractivity contribution in [2.75, 3.05) is 19.7 Å². The van der Waals surface area contributed by atoms with E-state index in [2.05, 4.69) is 29.6 Å². The number of aliphatic carboxylic acids is 1. The third-order valence-corrected chi connectivity index (χ3v) is 7.21. The maximum Gasteiger partial charge on any atom is 0.407 e. The highest BCUT2D eigenvalue weighted by molar-refractivity contribution is 5.86. The van der Waals surface area contributed by atoms with Gasteiger partial charge in [-0.2, -0.15) is 0 Å². The zero-order valence-corrected chi connectivity index (χ0v) is 19.8. The topological polar surface area (TPSA) is 95.9 Å². The maximum absolute atomic E-state index is 13.1. The molecule has 0 bridgehead atoms. The fourth-order valence-corrected chi connectivity index (χ4v) is 4.98. The molecule has 1 heterocycles. The van der Waals surface area contributed by atoms with Crippen molar-refractivity contribution in [3.05, 3.63) is 59.7 Å². The average molecular weight is 465 g/mol. The highest BCUT2D eigenvalue weighted by Gasteiger charge is 2.39. The van der Waals surface area contributed by atoms with Crippen molar-refractivity contribution < 1.29 is 24.2 Å². The second-order valence-corrected chi connectivity index (χ2v) is 9.50. The number of carboxylic acid groups (broad SMARTS) is 1. The van der Waals surface area contributed by atoms with E-state index in [1.54, 1.807) is 11.8 Å². The lowest BCUT2D eigenvalue weighted by molar-refractivity contribution is -0.153. The Kier molecular flexibility index (Phi) is 6.91. The first-order valence-corrected chi connectivity index (χ1v) is 12.0. The van der Waals surface area contributed by atoms with E-state index in [9.17, 15) is 19.5 Å². The second-order valence-electron chi connectivity index (χ2n) is 9.50. The van der Waals surface area contributed by atoms with Gasteiger partial charge in [-0.25, -0.2) is 4.79 Å². The highest BCUT2D eigenvalue weighted by Crippen LogP contribution is 2.44. The summed E-state index contributed by atoms with van der Waals surface area (Å²) in [6, 6.07) is 15.6. The fourth-order valence-electron chi connectivity index (χ4n) is 4.98. The molecule has 4 rings (SSSR count). The van der Waals surface area contributed by atoms with Gasteiger partial charge in [-0.3, -0.25) is 9.59 Å². The molecule has 34 heavy (non-hydrogen) atoms. The Labute approximate surface area is 200 Å². The van der Waals surface area contributed by atoms with Crippen LogP contribution < -0.4 is 5.32 Å². The first-order valence-electron chi connectivity index (χ1n) is 12.0. The van der Waals surface area contributed by atoms with Gasteiger partial charge in [0.2, 0.25) is 5.91 Å². The van der Waals surface area contributed by atoms with Crippen LogP contribution in [0.25, 0.3) is 11.1 Å². The summed E-state index contributed by atoms with van der Waals surface area (Å²) < 4.78 is 5.62. The van der Waals surface area contributed by atoms with Gasteiger partial charge < -0.3 is 20.1 Å². The van der Waals surface area contributed by atoms with Crippen LogP contribution in [0.1, 0.15) is 56.6 Å². The largest absolute Gasteiger partial charge is 0.481 e. The molecule has 180 valence electrons. The quantitative estimate of drug-likeness (QED) is 0.633. The molecule has 2 amide bonds. The lowest BCUT2D eigenvalue weighted by Gasteiger charge is -2.38. The lowest BCUT2D eigenvalue weighted by Crippen LogP contribution is -2.52. The Morgan fingerprint density at radius 2 is 1.62 bits per heavy atom. The van der Waals surface area contributed by atoms with Gasteiger partial charge in [-0.05, 0) is 48.4 Å². The molecular formula is C27H32N2O5. The number of rotatable bonds is 7. The molecule has 1 aliphatic carbocycles. The van der Waals surface area contributed by atoms with E-state index in [1.165, 1.54) is 0 Å². The van der Waals surface area contributed by atoms with E-state index >= 15 is 0 Å². The summed E-state index contributed by atoms with van der Waals surface area (Å²) in [7, 11) is 0. The first-order chi connectivity index (χ1) is 16.3. The monoisotopic (exact) mass is 464 g/mol. The number of ether oxygens (including phenoxy) is 1. The van der Waals surface area contributed by atoms with Crippen LogP contribution in [-0.2, 0) is 14.3 Å². The number of hydrogen-bond acceptors (Lipinski definition) is 4. The van der Waals surface area contributed by atoms with Crippen LogP contribution in [-0.4, -0.2) is 53.7 Å². The van der Waals surface area contributed by atoms with Gasteiger partial charge in [0, 0.05) is 19.0 Å². The SMILES string of the molecule is CCCC(NC(=O)OCC1c2ccccc2-c2ccccc21)C(=O)N1CCC(C)(C(=O)O)CC1. The van der Waals surface area contributed by atoms with Gasteiger partial charge in [0.05, 0.1) is 5.41 Å². The summed E-state index contributed by atoms with van der Waals surface area (Å²) in [5.41, 5.74) is 3.77. The van der Waals surface area contributed by atoms with E-state index < -0.39 is 23.5 Å². The lowest BCUT2D eigenvalue weighted by atomic mass is 9.80. The predicted molar refractivity (Wildman–Crippen MR) is 128 cm³/mol. The molecule has 7 heteroatoms. The number of hydrogen-bond donors (Lipinski definition) is 2. The summed E-state index contributed by atoms with van der Waals surface area (Å²) >= 11 is 0. The normalized spacial score (nSPS) is 17.4. The number of nitrogens with one attached hydrogen (secondary N) is 1. The molecule has 1 saturated heterocycles. The minimum absolute atomic E-state index is 0.0470. The van der Waals surface area contributed by atoms with Crippen molar-refractivity contribution in [1.82, 2.24) is 10.2 Å². The van der Waals surface area contributed by atoms with Crippen LogP contribution >= 0.6 is 0 Å². The summed E-state index contributed by atoms with van der Waals surface area (Å²) in [6.07, 6.45) is 1.41. The van der Waals surface area contributed by atoms with Crippen molar-refractivity contribution in [1.29, 1.82) is 0 Å². The van der Waals surface area contributed by atoms with Crippen molar-refractivity contribution in [3.63, 3.8) is 0 Å². The van der Waals surface area contributed by atoms with Gasteiger partial charge >= 0.3 is 12.1 Å². The molecule has 1 fully saturated rings. The minimum Gasteiger partial charge on any atom is -0.481 e. The van der Waals surface area contributed by atoms with Gasteiger partial charge in [0.25, 0.3) is 0 Å². The molecule has 2 N–H and O–H groups in total. The molecule has 0 radical (unpaired) electrons. The number of piperidine rings is 1. The molecule has 0 spiro atoms. The number of fused-ring (bicyclic) bond motifs is 3. The van der Waals surface area contributed by atoms with Crippen molar-refractivity contribution >= 4 is 18.0 Å². The zero-order valence-electron chi connectivity index (χ0n) is 19.8. The second kappa shape index (κ2) is 9.87. The molecule has 0 saturated carbocycles. The standard InChI is InChI=1S/C27H32N2O5/c1-3-8-23(24(30)29-15-13-27(2,14-16-29)25(31)32)28-26(33)34-17-22-20-11-6-4-9-18(20)19-10-5-7-12-21(19)22/h4-7,9-12,22-23H,3,8,13-17H2,1-2H3,(H,28,33)(H,31,32). The number of alkyl carbamates (subject to hydrolysis) is 1. The van der Waals surface area contributed by atoms with Crippen molar-refractivity contribution in [2.24, 2.45) is 5.41 Å². The van der Waals surface area contributed by atoms with Crippen molar-refractivity contribution in [3.8, 4) is 11.1 Å². The van der Waals surface area contributed by atoms with Gasteiger partial charge in [-0.15, -0.1) is 0 Å². The minimum atomic E-state index is -0.832. The number of carboxylic acids is 1. The molecule has 2 aromatic carbocycles. The molecular weight excluding hydrogens is 432 g/mol. The van der Waals surface area contributed by atoms with E-state index in [0.29, 0.717) is 32.4 Å². The number of likely N-dealkylation sites (tertiary alicyclic amines) is 1. The van der Waals surface area contributed by atoms with E-state index in [1.807, 2.05) is 31.2 Å². The number of carbonyl (C=O) groups is 3. The summed E-state index contributed by atoms with van der Waals surface area (Å²) in [5, 5.41) is 12.2. The van der Waals surface area contributed by atoms with Crippen LogP contribution in [0.4, 0.5) is 4.79 Å². The summed E-state index contributed by atoms with van der Waals surface area (Å²) in [4.78, 5) is 39.0. The van der Waals surface area contributed by atoms with Crippen LogP contribution in [0.2, 0.25) is 0 Å². The number of carbonyl (C=O) groups excluding carboxylic acids is 2. The highest BCUT2D eigenvalue weighted by atomic mass is 16.5. The molecule has 1 aliphatic heterocycles. The number of nitrogens with zero attached hydrogens (tertiary/aromatic N) is 1. The van der Waals surface area contributed by atoms with Crippen LogP contribution in [0, 0.1) is 5.41 Å². The fraction of sp³-hybridized carbons (Fsp3) is 0.444. The van der Waals surface area contributed by atoms with E-state index in [0.717, 1.165) is 28.7 Å². The number of amides is 2. The Bertz CT molecular complexity index is 1030. The molecule has 1 atom stereocenters. The zero-order chi connectivity index (χ0) is 24.3. The van der Waals surface area contributed by atoms with Gasteiger partial charge in [0.15, 0.2) is 0 Å². The third kappa shape index (κ3) is 4.65. The molecule has 2 aromatic rings. The Morgan fingerprint density at radius 3 is 2.15 bits per heavy atom. The first kappa shape index (κ1) is 23.8. The van der Waals surface area contributed by atoms with Crippen molar-refractivity contribution in [2.45, 2.75) is 51.5 Å². The summed E-state index contributed by atoms with van der Waals surface area (Å²) in [5.74, 6) is -1.06. The smallest absolute Gasteiger partial charge is 0.407 e. The van der Waals surface area contributed by atoms with Gasteiger partial charge in [0.1, 0.15) is 12.6 Å². The molecule has 1 unspecified atom stereocenters. The third-order valence-electron chi connectivity index (χ3n) is 7.21. The average Bonchev–Trinajstić information content (AvgIpc) is 3.16. The van der Waals surface area contributed by atoms with Crippen LogP contribution in [0.5, 0.6) is 0 Å². The maximum atomic E-state index is 13.1. The predicted octanol–water partition coefficient (Wildman–Crippen LogP) is 4.41. The summed E-state index contributed by atoms with van der Waals surface area (Å²) in [6.45, 7) is 4.60. The number of benzene rings is 2. The Hall–Kier alpha value is -3.35. The van der Waals surface area contributed by atoms with Gasteiger partial charge in [-0.1, -0.05) is 61.9 Å².